The maximum Gasteiger partial charge on any atom is 0.281 e. The third-order valence-corrected chi connectivity index (χ3v) is 6.78. The molecule has 0 N–H and O–H groups in total. The first-order chi connectivity index (χ1) is 8.44. The van der Waals surface area contributed by atoms with Crippen LogP contribution < -0.4 is 0 Å². The van der Waals surface area contributed by atoms with Crippen LogP contribution in [0.2, 0.25) is 0 Å². The van der Waals surface area contributed by atoms with Gasteiger partial charge in [0.1, 0.15) is 0 Å². The van der Waals surface area contributed by atoms with Crippen molar-refractivity contribution in [1.82, 2.24) is 8.61 Å². The van der Waals surface area contributed by atoms with Gasteiger partial charge in [-0.3, -0.25) is 0 Å². The fourth-order valence-electron chi connectivity index (χ4n) is 2.92. The lowest BCUT2D eigenvalue weighted by molar-refractivity contribution is 0.254. The second-order valence-electron chi connectivity index (χ2n) is 5.91. The average Bonchev–Trinajstić information content (AvgIpc) is 3.21. The van der Waals surface area contributed by atoms with Crippen LogP contribution in [0, 0.1) is 5.92 Å². The Kier molecular flexibility index (Phi) is 4.34. The predicted molar refractivity (Wildman–Crippen MR) is 73.5 cm³/mol. The molecule has 0 radical (unpaired) electrons. The van der Waals surface area contributed by atoms with E-state index in [0.717, 1.165) is 25.7 Å². The number of rotatable bonds is 5. The fourth-order valence-corrected chi connectivity index (χ4v) is 4.51. The third kappa shape index (κ3) is 2.89. The summed E-state index contributed by atoms with van der Waals surface area (Å²) in [7, 11) is 0.209. The van der Waals surface area contributed by atoms with E-state index in [2.05, 4.69) is 0 Å². The molecule has 0 heterocycles. The largest absolute Gasteiger partial charge is 0.281 e. The van der Waals surface area contributed by atoms with E-state index in [-0.39, 0.29) is 12.1 Å². The molecule has 5 heteroatoms. The molecular weight excluding hydrogens is 248 g/mol. The molecule has 0 spiro atoms. The molecule has 2 aliphatic rings. The molecule has 18 heavy (non-hydrogen) atoms. The smallest absolute Gasteiger partial charge is 0.195 e. The SMILES string of the molecule is CC(C1CC1)N(C)S(=O)(=O)N(C)C1CCCCC1. The van der Waals surface area contributed by atoms with Gasteiger partial charge in [0.25, 0.3) is 10.2 Å². The van der Waals surface area contributed by atoms with E-state index in [9.17, 15) is 8.42 Å². The normalized spacial score (nSPS) is 24.7. The van der Waals surface area contributed by atoms with Crippen LogP contribution in [0.4, 0.5) is 0 Å². The van der Waals surface area contributed by atoms with E-state index in [1.807, 2.05) is 6.92 Å². The molecule has 2 fully saturated rings. The first-order valence-electron chi connectivity index (χ1n) is 7.15. The van der Waals surface area contributed by atoms with Crippen LogP contribution in [0.1, 0.15) is 51.9 Å². The maximum atomic E-state index is 12.6. The van der Waals surface area contributed by atoms with Crippen molar-refractivity contribution in [3.63, 3.8) is 0 Å². The molecule has 4 nitrogen and oxygen atoms in total. The van der Waals surface area contributed by atoms with Crippen molar-refractivity contribution in [2.45, 2.75) is 64.0 Å². The zero-order valence-electron chi connectivity index (χ0n) is 11.8. The topological polar surface area (TPSA) is 40.6 Å². The van der Waals surface area contributed by atoms with Gasteiger partial charge in [-0.15, -0.1) is 0 Å². The Morgan fingerprint density at radius 2 is 1.56 bits per heavy atom. The second-order valence-corrected chi connectivity index (χ2v) is 7.96. The Bertz CT molecular complexity index is 372. The summed E-state index contributed by atoms with van der Waals surface area (Å²) >= 11 is 0. The molecule has 1 atom stereocenters. The van der Waals surface area contributed by atoms with Gasteiger partial charge in [-0.2, -0.15) is 17.0 Å². The minimum absolute atomic E-state index is 0.140. The number of hydrogen-bond acceptors (Lipinski definition) is 2. The van der Waals surface area contributed by atoms with E-state index in [4.69, 9.17) is 0 Å². The number of hydrogen-bond donors (Lipinski definition) is 0. The van der Waals surface area contributed by atoms with E-state index >= 15 is 0 Å². The Morgan fingerprint density at radius 1 is 1.00 bits per heavy atom. The highest BCUT2D eigenvalue weighted by atomic mass is 32.2. The highest BCUT2D eigenvalue weighted by molar-refractivity contribution is 7.86. The number of nitrogens with zero attached hydrogens (tertiary/aromatic N) is 2. The van der Waals surface area contributed by atoms with E-state index in [1.165, 1.54) is 19.3 Å². The Morgan fingerprint density at radius 3 is 2.06 bits per heavy atom. The van der Waals surface area contributed by atoms with Crippen molar-refractivity contribution in [3.8, 4) is 0 Å². The summed E-state index contributed by atoms with van der Waals surface area (Å²) in [6.45, 7) is 2.03. The van der Waals surface area contributed by atoms with Crippen LogP contribution in [0.5, 0.6) is 0 Å². The van der Waals surface area contributed by atoms with Gasteiger partial charge in [-0.05, 0) is 38.5 Å². The molecule has 1 unspecified atom stereocenters. The molecule has 2 saturated carbocycles. The standard InChI is InChI=1S/C13H26N2O2S/c1-11(12-9-10-12)14(2)18(16,17)15(3)13-7-5-4-6-8-13/h11-13H,4-10H2,1-3H3. The third-order valence-electron chi connectivity index (χ3n) is 4.69. The molecule has 0 aromatic heterocycles. The summed E-state index contributed by atoms with van der Waals surface area (Å²) in [5.41, 5.74) is 0. The molecular formula is C13H26N2O2S. The molecule has 0 bridgehead atoms. The van der Waals surface area contributed by atoms with Crippen molar-refractivity contribution in [2.24, 2.45) is 5.92 Å². The monoisotopic (exact) mass is 274 g/mol. The van der Waals surface area contributed by atoms with Gasteiger partial charge in [0.2, 0.25) is 0 Å². The highest BCUT2D eigenvalue weighted by Gasteiger charge is 2.38. The highest BCUT2D eigenvalue weighted by Crippen LogP contribution is 2.36. The van der Waals surface area contributed by atoms with Crippen molar-refractivity contribution in [1.29, 1.82) is 0 Å². The van der Waals surface area contributed by atoms with Crippen LogP contribution in [-0.4, -0.2) is 43.2 Å². The van der Waals surface area contributed by atoms with Gasteiger partial charge in [0.05, 0.1) is 0 Å². The molecule has 0 saturated heterocycles. The minimum Gasteiger partial charge on any atom is -0.195 e. The second kappa shape index (κ2) is 5.47. The van der Waals surface area contributed by atoms with Gasteiger partial charge >= 0.3 is 0 Å². The Hall–Kier alpha value is -0.130. The molecule has 0 aliphatic heterocycles. The Labute approximate surface area is 112 Å². The molecule has 106 valence electrons. The lowest BCUT2D eigenvalue weighted by Crippen LogP contribution is -2.48. The average molecular weight is 274 g/mol. The first kappa shape index (κ1) is 14.3. The summed E-state index contributed by atoms with van der Waals surface area (Å²) in [5.74, 6) is 0.574. The van der Waals surface area contributed by atoms with Crippen LogP contribution in [0.15, 0.2) is 0 Å². The lowest BCUT2D eigenvalue weighted by atomic mass is 9.96. The minimum atomic E-state index is -3.28. The maximum absolute atomic E-state index is 12.6. The van der Waals surface area contributed by atoms with Crippen LogP contribution in [0.25, 0.3) is 0 Å². The molecule has 0 aromatic carbocycles. The zero-order valence-corrected chi connectivity index (χ0v) is 12.6. The van der Waals surface area contributed by atoms with E-state index in [1.54, 1.807) is 22.7 Å². The van der Waals surface area contributed by atoms with Crippen molar-refractivity contribution < 1.29 is 8.42 Å². The molecule has 2 aliphatic carbocycles. The quantitative estimate of drug-likeness (QED) is 0.771. The summed E-state index contributed by atoms with van der Waals surface area (Å²) in [5, 5.41) is 0. The van der Waals surface area contributed by atoms with Crippen LogP contribution in [0.3, 0.4) is 0 Å². The van der Waals surface area contributed by atoms with E-state index < -0.39 is 10.2 Å². The summed E-state index contributed by atoms with van der Waals surface area (Å²) < 4.78 is 28.3. The van der Waals surface area contributed by atoms with Gasteiger partial charge < -0.3 is 0 Å². The van der Waals surface area contributed by atoms with Crippen LogP contribution >= 0.6 is 0 Å². The lowest BCUT2D eigenvalue weighted by Gasteiger charge is -2.35. The predicted octanol–water partition coefficient (Wildman–Crippen LogP) is 2.23. The van der Waals surface area contributed by atoms with Crippen LogP contribution in [-0.2, 0) is 10.2 Å². The summed E-state index contributed by atoms with van der Waals surface area (Å²) in [4.78, 5) is 0. The van der Waals surface area contributed by atoms with Gasteiger partial charge in [-0.25, -0.2) is 0 Å². The van der Waals surface area contributed by atoms with Gasteiger partial charge in [0.15, 0.2) is 0 Å². The van der Waals surface area contributed by atoms with Crippen molar-refractivity contribution in [3.05, 3.63) is 0 Å². The molecule has 0 amide bonds. The first-order valence-corrected chi connectivity index (χ1v) is 8.55. The summed E-state index contributed by atoms with van der Waals surface area (Å²) in [6.07, 6.45) is 7.95. The van der Waals surface area contributed by atoms with Gasteiger partial charge in [-0.1, -0.05) is 19.3 Å². The van der Waals surface area contributed by atoms with Crippen molar-refractivity contribution >= 4 is 10.2 Å². The molecule has 2 rings (SSSR count). The Balaban J connectivity index is 2.03. The summed E-state index contributed by atoms with van der Waals surface area (Å²) in [6, 6.07) is 0.346. The molecule has 0 aromatic rings. The van der Waals surface area contributed by atoms with Crippen molar-refractivity contribution in [2.75, 3.05) is 14.1 Å². The zero-order chi connectivity index (χ0) is 13.3. The van der Waals surface area contributed by atoms with Gasteiger partial charge in [0, 0.05) is 26.2 Å². The fraction of sp³-hybridized carbons (Fsp3) is 1.00. The van der Waals surface area contributed by atoms with E-state index in [0.29, 0.717) is 5.92 Å².